The van der Waals surface area contributed by atoms with Gasteiger partial charge in [0.2, 0.25) is 0 Å². The van der Waals surface area contributed by atoms with Crippen molar-refractivity contribution in [2.45, 2.75) is 12.7 Å². The minimum Gasteiger partial charge on any atom is -0.772 e. The smallest absolute Gasteiger partial charge is 0.0432 e. The molecule has 14 heavy (non-hydrogen) atoms. The topological polar surface area (TPSA) is 43.4 Å². The molecule has 0 amide bonds. The van der Waals surface area contributed by atoms with E-state index < -0.39 is 11.1 Å². The molecule has 0 aliphatic rings. The lowest BCUT2D eigenvalue weighted by atomic mass is 10.1. The number of anilines is 1. The molecule has 78 valence electrons. The number of para-hydroxylation sites is 1. The first kappa shape index (κ1) is 11.2. The fourth-order valence-electron chi connectivity index (χ4n) is 1.60. The van der Waals surface area contributed by atoms with E-state index in [-0.39, 0.29) is 5.75 Å². The van der Waals surface area contributed by atoms with Gasteiger partial charge in [0.15, 0.2) is 0 Å². The molecule has 0 heterocycles. The molecule has 3 nitrogen and oxygen atoms in total. The van der Waals surface area contributed by atoms with Crippen molar-refractivity contribution in [3.8, 4) is 0 Å². The van der Waals surface area contributed by atoms with Gasteiger partial charge >= 0.3 is 0 Å². The minimum absolute atomic E-state index is 0.0786. The van der Waals surface area contributed by atoms with Crippen LogP contribution in [0.25, 0.3) is 0 Å². The van der Waals surface area contributed by atoms with Gasteiger partial charge in [-0.15, -0.1) is 0 Å². The predicted octanol–water partition coefficient (Wildman–Crippen LogP) is 1.44. The Morgan fingerprint density at radius 1 is 1.43 bits per heavy atom. The third kappa shape index (κ3) is 2.56. The van der Waals surface area contributed by atoms with Gasteiger partial charge in [0.25, 0.3) is 0 Å². The number of aryl methyl sites for hydroxylation is 1. The standard InChI is InChI=1S/C10H15NO2S/c1-8-5-4-6-9(7-14(12)13)10(8)11(2)3/h4-6H,7H2,1-3H3,(H,12,13)/p-1. The van der Waals surface area contributed by atoms with Crippen LogP contribution in [-0.4, -0.2) is 22.9 Å². The maximum Gasteiger partial charge on any atom is 0.0432 e. The van der Waals surface area contributed by atoms with E-state index in [1.807, 2.05) is 44.1 Å². The Kier molecular flexibility index (Phi) is 3.66. The van der Waals surface area contributed by atoms with Gasteiger partial charge in [-0.25, -0.2) is 0 Å². The summed E-state index contributed by atoms with van der Waals surface area (Å²) in [5.74, 6) is 0.0786. The van der Waals surface area contributed by atoms with Crippen molar-refractivity contribution in [3.63, 3.8) is 0 Å². The average Bonchev–Trinajstić information content (AvgIpc) is 2.01. The van der Waals surface area contributed by atoms with Crippen molar-refractivity contribution in [3.05, 3.63) is 29.3 Å². The Hall–Kier alpha value is -0.870. The summed E-state index contributed by atoms with van der Waals surface area (Å²) in [7, 11) is 3.83. The van der Waals surface area contributed by atoms with Crippen LogP contribution in [0.3, 0.4) is 0 Å². The lowest BCUT2D eigenvalue weighted by Crippen LogP contribution is -2.13. The number of nitrogens with zero attached hydrogens (tertiary/aromatic N) is 1. The summed E-state index contributed by atoms with van der Waals surface area (Å²) in [4.78, 5) is 1.94. The third-order valence-electron chi connectivity index (χ3n) is 2.04. The molecule has 4 heteroatoms. The molecule has 0 aromatic heterocycles. The lowest BCUT2D eigenvalue weighted by Gasteiger charge is -2.20. The highest BCUT2D eigenvalue weighted by molar-refractivity contribution is 7.78. The van der Waals surface area contributed by atoms with Gasteiger partial charge in [0.05, 0.1) is 0 Å². The molecule has 1 unspecified atom stereocenters. The van der Waals surface area contributed by atoms with Gasteiger partial charge in [0.1, 0.15) is 0 Å². The predicted molar refractivity (Wildman–Crippen MR) is 58.1 cm³/mol. The maximum atomic E-state index is 10.6. The normalized spacial score (nSPS) is 12.6. The quantitative estimate of drug-likeness (QED) is 0.712. The van der Waals surface area contributed by atoms with Crippen LogP contribution in [0.5, 0.6) is 0 Å². The first-order valence-electron chi connectivity index (χ1n) is 4.34. The van der Waals surface area contributed by atoms with Crippen LogP contribution >= 0.6 is 0 Å². The van der Waals surface area contributed by atoms with Crippen LogP contribution in [0.2, 0.25) is 0 Å². The molecule has 0 radical (unpaired) electrons. The molecule has 0 aliphatic heterocycles. The molecule has 0 fully saturated rings. The van der Waals surface area contributed by atoms with E-state index in [1.165, 1.54) is 0 Å². The Labute approximate surface area is 87.0 Å². The molecule has 0 saturated heterocycles. The van der Waals surface area contributed by atoms with Crippen molar-refractivity contribution >= 4 is 16.8 Å². The van der Waals surface area contributed by atoms with E-state index in [4.69, 9.17) is 0 Å². The van der Waals surface area contributed by atoms with Gasteiger partial charge in [-0.1, -0.05) is 29.3 Å². The monoisotopic (exact) mass is 212 g/mol. The van der Waals surface area contributed by atoms with Crippen LogP contribution in [0, 0.1) is 6.92 Å². The number of hydrogen-bond donors (Lipinski definition) is 0. The van der Waals surface area contributed by atoms with Crippen LogP contribution in [-0.2, 0) is 16.8 Å². The zero-order valence-electron chi connectivity index (χ0n) is 8.61. The van der Waals surface area contributed by atoms with Crippen molar-refractivity contribution in [1.82, 2.24) is 0 Å². The van der Waals surface area contributed by atoms with Gasteiger partial charge in [-0.2, -0.15) is 0 Å². The van der Waals surface area contributed by atoms with E-state index in [0.717, 1.165) is 16.8 Å². The number of benzene rings is 1. The largest absolute Gasteiger partial charge is 0.772 e. The summed E-state index contributed by atoms with van der Waals surface area (Å²) < 4.78 is 21.3. The van der Waals surface area contributed by atoms with E-state index in [0.29, 0.717) is 0 Å². The molecule has 1 atom stereocenters. The van der Waals surface area contributed by atoms with Gasteiger partial charge < -0.3 is 9.45 Å². The highest BCUT2D eigenvalue weighted by Gasteiger charge is 2.06. The van der Waals surface area contributed by atoms with Crippen LogP contribution in [0.15, 0.2) is 18.2 Å². The molecule has 0 N–H and O–H groups in total. The van der Waals surface area contributed by atoms with Crippen molar-refractivity contribution in [2.24, 2.45) is 0 Å². The minimum atomic E-state index is -2.03. The second-order valence-corrected chi connectivity index (χ2v) is 4.32. The van der Waals surface area contributed by atoms with Crippen LogP contribution < -0.4 is 4.90 Å². The molecule has 1 rings (SSSR count). The Morgan fingerprint density at radius 2 is 2.07 bits per heavy atom. The molecule has 0 bridgehead atoms. The number of hydrogen-bond acceptors (Lipinski definition) is 3. The molecule has 0 spiro atoms. The first-order chi connectivity index (χ1) is 6.52. The van der Waals surface area contributed by atoms with Gasteiger partial charge in [-0.3, -0.25) is 4.21 Å². The molecule has 0 saturated carbocycles. The Morgan fingerprint density at radius 3 is 2.57 bits per heavy atom. The molecule has 1 aromatic rings. The highest BCUT2D eigenvalue weighted by atomic mass is 32.2. The zero-order chi connectivity index (χ0) is 10.7. The van der Waals surface area contributed by atoms with Crippen molar-refractivity contribution < 1.29 is 8.76 Å². The molecular weight excluding hydrogens is 198 g/mol. The first-order valence-corrected chi connectivity index (χ1v) is 5.58. The Bertz CT molecular complexity index is 350. The summed E-state index contributed by atoms with van der Waals surface area (Å²) >= 11 is -2.03. The maximum absolute atomic E-state index is 10.6. The summed E-state index contributed by atoms with van der Waals surface area (Å²) in [5.41, 5.74) is 2.94. The fourth-order valence-corrected chi connectivity index (χ4v) is 2.09. The van der Waals surface area contributed by atoms with E-state index in [2.05, 4.69) is 0 Å². The summed E-state index contributed by atoms with van der Waals surface area (Å²) in [6.07, 6.45) is 0. The van der Waals surface area contributed by atoms with E-state index in [9.17, 15) is 8.76 Å². The van der Waals surface area contributed by atoms with Gasteiger partial charge in [-0.05, 0) is 18.1 Å². The zero-order valence-corrected chi connectivity index (χ0v) is 9.43. The molecule has 0 aliphatic carbocycles. The van der Waals surface area contributed by atoms with Gasteiger partial charge in [0, 0.05) is 25.5 Å². The molecule has 1 aromatic carbocycles. The van der Waals surface area contributed by atoms with Crippen LogP contribution in [0.4, 0.5) is 5.69 Å². The lowest BCUT2D eigenvalue weighted by molar-refractivity contribution is 0.536. The summed E-state index contributed by atoms with van der Waals surface area (Å²) in [5, 5.41) is 0. The van der Waals surface area contributed by atoms with Crippen molar-refractivity contribution in [2.75, 3.05) is 19.0 Å². The second kappa shape index (κ2) is 4.57. The SMILES string of the molecule is Cc1cccc(CS(=O)[O-])c1N(C)C. The van der Waals surface area contributed by atoms with Crippen LogP contribution in [0.1, 0.15) is 11.1 Å². The third-order valence-corrected chi connectivity index (χ3v) is 2.59. The van der Waals surface area contributed by atoms with E-state index >= 15 is 0 Å². The molecular formula is C10H14NO2S-. The second-order valence-electron chi connectivity index (χ2n) is 3.43. The Balaban J connectivity index is 3.14. The summed E-state index contributed by atoms with van der Waals surface area (Å²) in [6, 6.07) is 5.70. The number of rotatable bonds is 3. The fraction of sp³-hybridized carbons (Fsp3) is 0.400. The average molecular weight is 212 g/mol. The van der Waals surface area contributed by atoms with E-state index in [1.54, 1.807) is 0 Å². The van der Waals surface area contributed by atoms with Crippen molar-refractivity contribution in [1.29, 1.82) is 0 Å². The highest BCUT2D eigenvalue weighted by Crippen LogP contribution is 2.23. The summed E-state index contributed by atoms with van der Waals surface area (Å²) in [6.45, 7) is 1.98.